The molecule has 4 heteroatoms. The molecule has 4 nitrogen and oxygen atoms in total. The zero-order chi connectivity index (χ0) is 15.3. The minimum atomic E-state index is -0.700. The number of hydrogen-bond donors (Lipinski definition) is 2. The van der Waals surface area contributed by atoms with Crippen molar-refractivity contribution in [3.63, 3.8) is 0 Å². The molecule has 0 spiro atoms. The number of rotatable bonds is 9. The van der Waals surface area contributed by atoms with E-state index in [-0.39, 0.29) is 0 Å². The minimum absolute atomic E-state index is 0.442. The summed E-state index contributed by atoms with van der Waals surface area (Å²) in [7, 11) is 2.21. The van der Waals surface area contributed by atoms with Crippen LogP contribution in [0, 0.1) is 0 Å². The van der Waals surface area contributed by atoms with E-state index < -0.39 is 11.5 Å². The number of carboxylic acid groups (broad SMARTS) is 1. The monoisotopic (exact) mass is 296 g/mol. The van der Waals surface area contributed by atoms with E-state index in [1.54, 1.807) is 0 Å². The van der Waals surface area contributed by atoms with Crippen molar-refractivity contribution in [1.29, 1.82) is 0 Å². The normalized spacial score (nSPS) is 23.2. The summed E-state index contributed by atoms with van der Waals surface area (Å²) < 4.78 is 0. The molecule has 0 bridgehead atoms. The van der Waals surface area contributed by atoms with Gasteiger partial charge in [0.1, 0.15) is 5.54 Å². The molecule has 2 fully saturated rings. The van der Waals surface area contributed by atoms with Gasteiger partial charge in [-0.3, -0.25) is 10.1 Å². The fraction of sp³-hybridized carbons (Fsp3) is 0.941. The van der Waals surface area contributed by atoms with Crippen LogP contribution in [-0.2, 0) is 4.79 Å². The largest absolute Gasteiger partial charge is 0.480 e. The lowest BCUT2D eigenvalue weighted by atomic mass is 9.89. The molecule has 0 saturated heterocycles. The Kier molecular flexibility index (Phi) is 6.06. The Morgan fingerprint density at radius 2 is 1.90 bits per heavy atom. The summed E-state index contributed by atoms with van der Waals surface area (Å²) in [6.07, 6.45) is 11.4. The number of carbonyl (C=O) groups is 1. The number of aliphatic carboxylic acids is 1. The molecule has 1 atom stereocenters. The van der Waals surface area contributed by atoms with Gasteiger partial charge in [0.15, 0.2) is 0 Å². The van der Waals surface area contributed by atoms with Gasteiger partial charge in [-0.15, -0.1) is 0 Å². The van der Waals surface area contributed by atoms with Gasteiger partial charge in [-0.05, 0) is 58.5 Å². The molecule has 0 aromatic heterocycles. The molecule has 2 saturated carbocycles. The zero-order valence-corrected chi connectivity index (χ0v) is 13.7. The Morgan fingerprint density at radius 1 is 1.24 bits per heavy atom. The standard InChI is InChI=1S/C17H32N2O2/c1-3-17(16(20)21,18-14-10-11-14)12-7-13-19(2)15-8-5-4-6-9-15/h14-15,18H,3-13H2,1-2H3,(H,20,21). The van der Waals surface area contributed by atoms with Crippen LogP contribution in [0.2, 0.25) is 0 Å². The average molecular weight is 296 g/mol. The second-order valence-corrected chi connectivity index (χ2v) is 7.04. The van der Waals surface area contributed by atoms with E-state index in [1.165, 1.54) is 32.1 Å². The maximum absolute atomic E-state index is 11.7. The molecule has 1 unspecified atom stereocenters. The van der Waals surface area contributed by atoms with Crippen molar-refractivity contribution in [3.8, 4) is 0 Å². The Hall–Kier alpha value is -0.610. The van der Waals surface area contributed by atoms with Crippen LogP contribution in [-0.4, -0.2) is 47.2 Å². The van der Waals surface area contributed by atoms with Crippen molar-refractivity contribution in [3.05, 3.63) is 0 Å². The van der Waals surface area contributed by atoms with Gasteiger partial charge in [-0.25, -0.2) is 0 Å². The van der Waals surface area contributed by atoms with Gasteiger partial charge in [0.25, 0.3) is 0 Å². The van der Waals surface area contributed by atoms with E-state index in [0.29, 0.717) is 12.5 Å². The van der Waals surface area contributed by atoms with Crippen molar-refractivity contribution in [1.82, 2.24) is 10.2 Å². The maximum Gasteiger partial charge on any atom is 0.323 e. The first-order valence-electron chi connectivity index (χ1n) is 8.79. The predicted octanol–water partition coefficient (Wildman–Crippen LogP) is 3.02. The lowest BCUT2D eigenvalue weighted by Crippen LogP contribution is -2.53. The minimum Gasteiger partial charge on any atom is -0.480 e. The van der Waals surface area contributed by atoms with Crippen LogP contribution in [0.5, 0.6) is 0 Å². The molecule has 0 aromatic rings. The summed E-state index contributed by atoms with van der Waals surface area (Å²) >= 11 is 0. The van der Waals surface area contributed by atoms with Gasteiger partial charge in [0.05, 0.1) is 0 Å². The molecule has 2 aliphatic carbocycles. The number of hydrogen-bond acceptors (Lipinski definition) is 3. The van der Waals surface area contributed by atoms with Crippen molar-refractivity contribution in [2.24, 2.45) is 0 Å². The van der Waals surface area contributed by atoms with Crippen LogP contribution in [0.1, 0.15) is 71.1 Å². The summed E-state index contributed by atoms with van der Waals surface area (Å²) in [4.78, 5) is 14.2. The molecule has 2 N–H and O–H groups in total. The summed E-state index contributed by atoms with van der Waals surface area (Å²) in [5.74, 6) is -0.669. The molecule has 0 heterocycles. The average Bonchev–Trinajstić information content (AvgIpc) is 3.30. The number of nitrogens with zero attached hydrogens (tertiary/aromatic N) is 1. The van der Waals surface area contributed by atoms with E-state index in [1.807, 2.05) is 6.92 Å². The van der Waals surface area contributed by atoms with Crippen LogP contribution in [0.3, 0.4) is 0 Å². The van der Waals surface area contributed by atoms with Gasteiger partial charge in [-0.1, -0.05) is 26.2 Å². The van der Waals surface area contributed by atoms with Gasteiger partial charge >= 0.3 is 5.97 Å². The third kappa shape index (κ3) is 4.68. The second kappa shape index (κ2) is 7.59. The highest BCUT2D eigenvalue weighted by Crippen LogP contribution is 2.28. The SMILES string of the molecule is CCC(CCCN(C)C1CCCCC1)(NC1CC1)C(=O)O. The lowest BCUT2D eigenvalue weighted by molar-refractivity contribution is -0.145. The first kappa shape index (κ1) is 16.8. The van der Waals surface area contributed by atoms with Crippen molar-refractivity contribution < 1.29 is 9.90 Å². The molecule has 21 heavy (non-hydrogen) atoms. The van der Waals surface area contributed by atoms with Crippen molar-refractivity contribution in [2.75, 3.05) is 13.6 Å². The molecule has 122 valence electrons. The van der Waals surface area contributed by atoms with Gasteiger partial charge in [0, 0.05) is 12.1 Å². The maximum atomic E-state index is 11.7. The number of nitrogens with one attached hydrogen (secondary N) is 1. The van der Waals surface area contributed by atoms with Crippen LogP contribution >= 0.6 is 0 Å². The molecular weight excluding hydrogens is 264 g/mol. The molecule has 0 radical (unpaired) electrons. The van der Waals surface area contributed by atoms with Crippen LogP contribution in [0.4, 0.5) is 0 Å². The van der Waals surface area contributed by atoms with Gasteiger partial charge < -0.3 is 10.0 Å². The molecule has 2 rings (SSSR count). The smallest absolute Gasteiger partial charge is 0.323 e. The Bertz CT molecular complexity index is 338. The van der Waals surface area contributed by atoms with Gasteiger partial charge in [0.2, 0.25) is 0 Å². The Labute approximate surface area is 129 Å². The molecule has 0 aromatic carbocycles. The highest BCUT2D eigenvalue weighted by atomic mass is 16.4. The topological polar surface area (TPSA) is 52.6 Å². The first-order chi connectivity index (χ1) is 10.1. The Balaban J connectivity index is 1.79. The van der Waals surface area contributed by atoms with Gasteiger partial charge in [-0.2, -0.15) is 0 Å². The van der Waals surface area contributed by atoms with E-state index in [4.69, 9.17) is 0 Å². The third-order valence-electron chi connectivity index (χ3n) is 5.38. The summed E-state index contributed by atoms with van der Waals surface area (Å²) in [5, 5.41) is 13.0. The van der Waals surface area contributed by atoms with E-state index >= 15 is 0 Å². The molecule has 0 amide bonds. The number of carboxylic acids is 1. The lowest BCUT2D eigenvalue weighted by Gasteiger charge is -2.33. The molecule has 2 aliphatic rings. The van der Waals surface area contributed by atoms with Crippen LogP contribution < -0.4 is 5.32 Å². The quantitative estimate of drug-likeness (QED) is 0.687. The summed E-state index contributed by atoms with van der Waals surface area (Å²) in [5.41, 5.74) is -0.700. The van der Waals surface area contributed by atoms with Crippen molar-refractivity contribution in [2.45, 2.75) is 88.8 Å². The Morgan fingerprint density at radius 3 is 2.43 bits per heavy atom. The van der Waals surface area contributed by atoms with E-state index in [0.717, 1.165) is 38.3 Å². The van der Waals surface area contributed by atoms with Crippen LogP contribution in [0.25, 0.3) is 0 Å². The summed E-state index contributed by atoms with van der Waals surface area (Å²) in [6, 6.07) is 1.16. The van der Waals surface area contributed by atoms with E-state index in [9.17, 15) is 9.90 Å². The fourth-order valence-electron chi connectivity index (χ4n) is 3.62. The summed E-state index contributed by atoms with van der Waals surface area (Å²) in [6.45, 7) is 3.01. The van der Waals surface area contributed by atoms with E-state index in [2.05, 4.69) is 17.3 Å². The molecule has 0 aliphatic heterocycles. The second-order valence-electron chi connectivity index (χ2n) is 7.04. The highest BCUT2D eigenvalue weighted by Gasteiger charge is 2.40. The molecular formula is C17H32N2O2. The van der Waals surface area contributed by atoms with Crippen LogP contribution in [0.15, 0.2) is 0 Å². The van der Waals surface area contributed by atoms with Crippen molar-refractivity contribution >= 4 is 5.97 Å². The fourth-order valence-corrected chi connectivity index (χ4v) is 3.62. The third-order valence-corrected chi connectivity index (χ3v) is 5.38. The zero-order valence-electron chi connectivity index (χ0n) is 13.7. The highest BCUT2D eigenvalue weighted by molar-refractivity contribution is 5.78. The first-order valence-corrected chi connectivity index (χ1v) is 8.79. The predicted molar refractivity (Wildman–Crippen MR) is 85.6 cm³/mol.